The van der Waals surface area contributed by atoms with Crippen molar-refractivity contribution in [3.05, 3.63) is 53.6 Å². The van der Waals surface area contributed by atoms with Crippen molar-refractivity contribution in [2.75, 3.05) is 18.4 Å². The van der Waals surface area contributed by atoms with Crippen LogP contribution in [0.5, 0.6) is 0 Å². The lowest BCUT2D eigenvalue weighted by molar-refractivity contribution is -0.118. The standard InChI is InChI=1S/C18H24N2O/c1-15(21)19-12-11-17-8-5-9-18(14-17)20-13-10-16-6-3-2-4-7-16/h3,5-9,14,20H,2,4,10-13H2,1H3,(H,19,21). The molecule has 1 aliphatic rings. The first-order chi connectivity index (χ1) is 10.2. The van der Waals surface area contributed by atoms with E-state index in [0.29, 0.717) is 6.54 Å². The molecule has 0 saturated heterocycles. The molecule has 0 spiro atoms. The highest BCUT2D eigenvalue weighted by atomic mass is 16.1. The van der Waals surface area contributed by atoms with E-state index in [4.69, 9.17) is 0 Å². The average molecular weight is 284 g/mol. The lowest BCUT2D eigenvalue weighted by atomic mass is 10.0. The Balaban J connectivity index is 1.76. The number of allylic oxidation sites excluding steroid dienone is 3. The lowest BCUT2D eigenvalue weighted by Crippen LogP contribution is -2.22. The number of carbonyl (C=O) groups excluding carboxylic acids is 1. The van der Waals surface area contributed by atoms with Crippen molar-refractivity contribution >= 4 is 11.6 Å². The van der Waals surface area contributed by atoms with Gasteiger partial charge in [0.1, 0.15) is 0 Å². The maximum Gasteiger partial charge on any atom is 0.216 e. The van der Waals surface area contributed by atoms with Crippen LogP contribution in [0.1, 0.15) is 31.7 Å². The second-order valence-corrected chi connectivity index (χ2v) is 5.37. The zero-order valence-corrected chi connectivity index (χ0v) is 12.7. The second-order valence-electron chi connectivity index (χ2n) is 5.37. The molecule has 0 radical (unpaired) electrons. The van der Waals surface area contributed by atoms with E-state index in [0.717, 1.165) is 25.1 Å². The van der Waals surface area contributed by atoms with Crippen molar-refractivity contribution in [1.82, 2.24) is 5.32 Å². The van der Waals surface area contributed by atoms with Crippen LogP contribution in [0.4, 0.5) is 5.69 Å². The van der Waals surface area contributed by atoms with Crippen LogP contribution < -0.4 is 10.6 Å². The van der Waals surface area contributed by atoms with Crippen LogP contribution >= 0.6 is 0 Å². The van der Waals surface area contributed by atoms with Gasteiger partial charge in [-0.15, -0.1) is 0 Å². The molecule has 0 aliphatic heterocycles. The molecule has 1 amide bonds. The molecule has 1 aromatic carbocycles. The number of hydrogen-bond acceptors (Lipinski definition) is 2. The Morgan fingerprint density at radius 3 is 2.86 bits per heavy atom. The van der Waals surface area contributed by atoms with Gasteiger partial charge in [0, 0.05) is 25.7 Å². The fourth-order valence-electron chi connectivity index (χ4n) is 2.42. The Hall–Kier alpha value is -2.03. The van der Waals surface area contributed by atoms with Crippen LogP contribution in [0.15, 0.2) is 48.1 Å². The summed E-state index contributed by atoms with van der Waals surface area (Å²) in [5.74, 6) is 0.0260. The third-order valence-corrected chi connectivity index (χ3v) is 3.53. The van der Waals surface area contributed by atoms with Gasteiger partial charge in [0.2, 0.25) is 5.91 Å². The third kappa shape index (κ3) is 5.86. The minimum atomic E-state index is 0.0260. The van der Waals surface area contributed by atoms with E-state index in [9.17, 15) is 4.79 Å². The maximum absolute atomic E-state index is 10.9. The van der Waals surface area contributed by atoms with E-state index < -0.39 is 0 Å². The number of hydrogen-bond donors (Lipinski definition) is 2. The average Bonchev–Trinajstić information content (AvgIpc) is 2.48. The Bertz CT molecular complexity index is 532. The predicted octanol–water partition coefficient (Wildman–Crippen LogP) is 3.44. The Morgan fingerprint density at radius 2 is 2.10 bits per heavy atom. The number of nitrogens with one attached hydrogen (secondary N) is 2. The highest BCUT2D eigenvalue weighted by Gasteiger charge is 1.99. The summed E-state index contributed by atoms with van der Waals surface area (Å²) < 4.78 is 0. The van der Waals surface area contributed by atoms with Gasteiger partial charge >= 0.3 is 0 Å². The highest BCUT2D eigenvalue weighted by Crippen LogP contribution is 2.15. The zero-order valence-electron chi connectivity index (χ0n) is 12.7. The van der Waals surface area contributed by atoms with Crippen LogP contribution in [0.3, 0.4) is 0 Å². The molecule has 0 aromatic heterocycles. The van der Waals surface area contributed by atoms with E-state index in [1.54, 1.807) is 6.92 Å². The predicted molar refractivity (Wildman–Crippen MR) is 88.4 cm³/mol. The van der Waals surface area contributed by atoms with Gasteiger partial charge in [0.25, 0.3) is 0 Å². The van der Waals surface area contributed by atoms with Gasteiger partial charge in [-0.1, -0.05) is 35.9 Å². The first kappa shape index (κ1) is 15.4. The molecular weight excluding hydrogens is 260 g/mol. The molecule has 112 valence electrons. The summed E-state index contributed by atoms with van der Waals surface area (Å²) in [4.78, 5) is 10.9. The number of carbonyl (C=O) groups is 1. The largest absolute Gasteiger partial charge is 0.385 e. The fourth-order valence-corrected chi connectivity index (χ4v) is 2.42. The maximum atomic E-state index is 10.9. The monoisotopic (exact) mass is 284 g/mol. The lowest BCUT2D eigenvalue weighted by Gasteiger charge is -2.10. The van der Waals surface area contributed by atoms with E-state index in [-0.39, 0.29) is 5.91 Å². The molecule has 1 aromatic rings. The number of benzene rings is 1. The normalized spacial score (nSPS) is 13.7. The SMILES string of the molecule is CC(=O)NCCc1cccc(NCCC2=CCCC=C2)c1. The van der Waals surface area contributed by atoms with Gasteiger partial charge in [0.05, 0.1) is 0 Å². The van der Waals surface area contributed by atoms with Crippen molar-refractivity contribution in [1.29, 1.82) is 0 Å². The summed E-state index contributed by atoms with van der Waals surface area (Å²) in [6, 6.07) is 8.41. The minimum absolute atomic E-state index is 0.0260. The number of rotatable bonds is 7. The van der Waals surface area contributed by atoms with Crippen LogP contribution in [-0.2, 0) is 11.2 Å². The molecule has 0 bridgehead atoms. The summed E-state index contributed by atoms with van der Waals surface area (Å²) in [5, 5.41) is 6.29. The van der Waals surface area contributed by atoms with Gasteiger partial charge in [-0.3, -0.25) is 4.79 Å². The molecule has 3 heteroatoms. The smallest absolute Gasteiger partial charge is 0.216 e. The third-order valence-electron chi connectivity index (χ3n) is 3.53. The molecule has 0 fully saturated rings. The number of amides is 1. The van der Waals surface area contributed by atoms with Gasteiger partial charge in [-0.2, -0.15) is 0 Å². The van der Waals surface area contributed by atoms with Gasteiger partial charge in [-0.25, -0.2) is 0 Å². The Morgan fingerprint density at radius 1 is 1.19 bits per heavy atom. The highest BCUT2D eigenvalue weighted by molar-refractivity contribution is 5.72. The summed E-state index contributed by atoms with van der Waals surface area (Å²) in [6.45, 7) is 3.19. The summed E-state index contributed by atoms with van der Waals surface area (Å²) in [5.41, 5.74) is 3.82. The minimum Gasteiger partial charge on any atom is -0.385 e. The quantitative estimate of drug-likeness (QED) is 0.805. The van der Waals surface area contributed by atoms with Crippen LogP contribution in [0, 0.1) is 0 Å². The van der Waals surface area contributed by atoms with Crippen LogP contribution in [0.25, 0.3) is 0 Å². The molecule has 0 unspecified atom stereocenters. The molecule has 1 aliphatic carbocycles. The van der Waals surface area contributed by atoms with E-state index in [1.807, 2.05) is 0 Å². The first-order valence-corrected chi connectivity index (χ1v) is 7.67. The van der Waals surface area contributed by atoms with Gasteiger partial charge < -0.3 is 10.6 Å². The van der Waals surface area contributed by atoms with Crippen molar-refractivity contribution in [3.63, 3.8) is 0 Å². The van der Waals surface area contributed by atoms with Crippen LogP contribution in [0.2, 0.25) is 0 Å². The number of anilines is 1. The van der Waals surface area contributed by atoms with Crippen molar-refractivity contribution in [3.8, 4) is 0 Å². The van der Waals surface area contributed by atoms with Crippen molar-refractivity contribution in [2.45, 2.75) is 32.6 Å². The molecule has 21 heavy (non-hydrogen) atoms. The topological polar surface area (TPSA) is 41.1 Å². The summed E-state index contributed by atoms with van der Waals surface area (Å²) >= 11 is 0. The van der Waals surface area contributed by atoms with E-state index >= 15 is 0 Å². The Kier molecular flexibility index (Phi) is 6.07. The first-order valence-electron chi connectivity index (χ1n) is 7.67. The van der Waals surface area contributed by atoms with Gasteiger partial charge in [0.15, 0.2) is 0 Å². The Labute approximate surface area is 127 Å². The van der Waals surface area contributed by atoms with Gasteiger partial charge in [-0.05, 0) is 43.4 Å². The second kappa shape index (κ2) is 8.30. The van der Waals surface area contributed by atoms with Crippen molar-refractivity contribution < 1.29 is 4.79 Å². The molecule has 0 atom stereocenters. The zero-order chi connectivity index (χ0) is 14.9. The summed E-state index contributed by atoms with van der Waals surface area (Å²) in [7, 11) is 0. The molecule has 2 rings (SSSR count). The summed E-state index contributed by atoms with van der Waals surface area (Å²) in [6.07, 6.45) is 11.1. The van der Waals surface area contributed by atoms with E-state index in [2.05, 4.69) is 53.1 Å². The van der Waals surface area contributed by atoms with E-state index in [1.165, 1.54) is 24.0 Å². The molecule has 0 heterocycles. The molecule has 2 N–H and O–H groups in total. The van der Waals surface area contributed by atoms with Crippen molar-refractivity contribution in [2.24, 2.45) is 0 Å². The molecular formula is C18H24N2O. The molecule has 0 saturated carbocycles. The van der Waals surface area contributed by atoms with Crippen LogP contribution in [-0.4, -0.2) is 19.0 Å². The fraction of sp³-hybridized carbons (Fsp3) is 0.389. The molecule has 3 nitrogen and oxygen atoms in total.